The molecule has 1 aliphatic rings. The van der Waals surface area contributed by atoms with Crippen LogP contribution in [0.3, 0.4) is 0 Å². The van der Waals surface area contributed by atoms with Crippen molar-refractivity contribution in [1.29, 1.82) is 0 Å². The van der Waals surface area contributed by atoms with E-state index in [-0.39, 0.29) is 23.4 Å². The van der Waals surface area contributed by atoms with Crippen LogP contribution in [-0.4, -0.2) is 51.1 Å². The van der Waals surface area contributed by atoms with Gasteiger partial charge in [0.15, 0.2) is 0 Å². The summed E-state index contributed by atoms with van der Waals surface area (Å²) in [4.78, 5) is 35.8. The number of hydrogen-bond donors (Lipinski definition) is 1. The standard InChI is InChI=1S/C10H16IN3O4/c1-10(2,3)18-8(16)12-14-5-4-13(9(14)17)7(15)6-11/h4-6H2,1-3H3,(H,12,16). The highest BCUT2D eigenvalue weighted by Gasteiger charge is 2.34. The Morgan fingerprint density at radius 2 is 2.00 bits per heavy atom. The average molecular weight is 369 g/mol. The molecule has 1 N–H and O–H groups in total. The van der Waals surface area contributed by atoms with E-state index in [1.807, 2.05) is 22.6 Å². The van der Waals surface area contributed by atoms with Gasteiger partial charge in [0.2, 0.25) is 5.91 Å². The quantitative estimate of drug-likeness (QED) is 0.585. The number of carbonyl (C=O) groups is 3. The predicted molar refractivity (Wildman–Crippen MR) is 72.1 cm³/mol. The number of alkyl halides is 1. The van der Waals surface area contributed by atoms with Gasteiger partial charge in [0.05, 0.1) is 17.5 Å². The van der Waals surface area contributed by atoms with Gasteiger partial charge in [0.25, 0.3) is 0 Å². The van der Waals surface area contributed by atoms with Crippen LogP contribution in [0, 0.1) is 0 Å². The number of imide groups is 1. The molecule has 1 heterocycles. The molecule has 0 aromatic carbocycles. The second-order valence-electron chi connectivity index (χ2n) is 4.73. The predicted octanol–water partition coefficient (Wildman–Crippen LogP) is 1.13. The first-order valence-corrected chi connectivity index (χ1v) is 6.94. The number of carbonyl (C=O) groups excluding carboxylic acids is 3. The van der Waals surface area contributed by atoms with Crippen LogP contribution in [0.5, 0.6) is 0 Å². The number of nitrogens with one attached hydrogen (secondary N) is 1. The molecule has 0 spiro atoms. The zero-order valence-electron chi connectivity index (χ0n) is 10.5. The first-order valence-electron chi connectivity index (χ1n) is 5.42. The van der Waals surface area contributed by atoms with Crippen LogP contribution in [0.1, 0.15) is 20.8 Å². The lowest BCUT2D eigenvalue weighted by atomic mass is 10.2. The van der Waals surface area contributed by atoms with Crippen molar-refractivity contribution in [2.24, 2.45) is 0 Å². The smallest absolute Gasteiger partial charge is 0.426 e. The van der Waals surface area contributed by atoms with Crippen molar-refractivity contribution in [1.82, 2.24) is 15.3 Å². The van der Waals surface area contributed by atoms with Crippen molar-refractivity contribution in [2.45, 2.75) is 26.4 Å². The molecule has 1 rings (SSSR count). The van der Waals surface area contributed by atoms with Crippen molar-refractivity contribution < 1.29 is 19.1 Å². The molecule has 0 radical (unpaired) electrons. The van der Waals surface area contributed by atoms with Crippen LogP contribution >= 0.6 is 22.6 Å². The summed E-state index contributed by atoms with van der Waals surface area (Å²) in [5.41, 5.74) is 1.69. The molecule has 1 saturated heterocycles. The van der Waals surface area contributed by atoms with E-state index in [9.17, 15) is 14.4 Å². The summed E-state index contributed by atoms with van der Waals surface area (Å²) in [5, 5.41) is 1.08. The third-order valence-corrected chi connectivity index (χ3v) is 2.70. The van der Waals surface area contributed by atoms with Crippen LogP contribution < -0.4 is 5.43 Å². The number of urea groups is 1. The molecule has 4 amide bonds. The second kappa shape index (κ2) is 5.72. The molecule has 7 nitrogen and oxygen atoms in total. The third-order valence-electron chi connectivity index (χ3n) is 2.05. The van der Waals surface area contributed by atoms with Crippen LogP contribution in [-0.2, 0) is 9.53 Å². The van der Waals surface area contributed by atoms with Gasteiger partial charge in [-0.15, -0.1) is 0 Å². The number of halogens is 1. The molecule has 1 aliphatic heterocycles. The molecule has 0 aliphatic carbocycles. The molecule has 0 bridgehead atoms. The summed E-state index contributed by atoms with van der Waals surface area (Å²) in [7, 11) is 0. The lowest BCUT2D eigenvalue weighted by Gasteiger charge is -2.23. The molecular formula is C10H16IN3O4. The summed E-state index contributed by atoms with van der Waals surface area (Å²) >= 11 is 1.89. The molecule has 0 aromatic rings. The zero-order chi connectivity index (χ0) is 13.9. The fourth-order valence-corrected chi connectivity index (χ4v) is 1.77. The Kier molecular flexibility index (Phi) is 4.77. The largest absolute Gasteiger partial charge is 0.443 e. The topological polar surface area (TPSA) is 79.0 Å². The maximum atomic E-state index is 11.8. The number of ether oxygens (including phenoxy) is 1. The molecule has 8 heteroatoms. The Morgan fingerprint density at radius 3 is 2.50 bits per heavy atom. The Hall–Kier alpha value is -1.06. The molecule has 102 valence electrons. The Balaban J connectivity index is 2.53. The van der Waals surface area contributed by atoms with E-state index in [1.165, 1.54) is 0 Å². The molecule has 0 aromatic heterocycles. The van der Waals surface area contributed by atoms with E-state index >= 15 is 0 Å². The van der Waals surface area contributed by atoms with Gasteiger partial charge in [-0.05, 0) is 20.8 Å². The number of amides is 4. The fourth-order valence-electron chi connectivity index (χ4n) is 1.36. The lowest BCUT2D eigenvalue weighted by Crippen LogP contribution is -2.47. The van der Waals surface area contributed by atoms with Gasteiger partial charge in [-0.3, -0.25) is 9.69 Å². The van der Waals surface area contributed by atoms with Crippen LogP contribution in [0.25, 0.3) is 0 Å². The Morgan fingerprint density at radius 1 is 1.39 bits per heavy atom. The van der Waals surface area contributed by atoms with Crippen LogP contribution in [0.15, 0.2) is 0 Å². The number of hydrazine groups is 1. The Bertz CT molecular complexity index is 367. The summed E-state index contributed by atoms with van der Waals surface area (Å²) in [6.45, 7) is 5.72. The van der Waals surface area contributed by atoms with E-state index in [4.69, 9.17) is 4.74 Å². The highest BCUT2D eigenvalue weighted by molar-refractivity contribution is 14.1. The van der Waals surface area contributed by atoms with E-state index in [0.717, 1.165) is 9.91 Å². The first-order chi connectivity index (χ1) is 8.24. The minimum atomic E-state index is -0.709. The van der Waals surface area contributed by atoms with Crippen molar-refractivity contribution in [3.63, 3.8) is 0 Å². The van der Waals surface area contributed by atoms with Gasteiger partial charge < -0.3 is 4.74 Å². The summed E-state index contributed by atoms with van der Waals surface area (Å²) in [6, 6.07) is -0.525. The molecular weight excluding hydrogens is 353 g/mol. The molecule has 0 saturated carbocycles. The lowest BCUT2D eigenvalue weighted by molar-refractivity contribution is -0.124. The van der Waals surface area contributed by atoms with Gasteiger partial charge in [0.1, 0.15) is 5.60 Å². The maximum absolute atomic E-state index is 11.8. The van der Waals surface area contributed by atoms with Gasteiger partial charge >= 0.3 is 12.1 Å². The van der Waals surface area contributed by atoms with E-state index in [1.54, 1.807) is 20.8 Å². The van der Waals surface area contributed by atoms with Gasteiger partial charge in [-0.2, -0.15) is 0 Å². The highest BCUT2D eigenvalue weighted by atomic mass is 127. The number of nitrogens with zero attached hydrogens (tertiary/aromatic N) is 2. The summed E-state index contributed by atoms with van der Waals surface area (Å²) < 4.78 is 5.25. The van der Waals surface area contributed by atoms with E-state index < -0.39 is 17.7 Å². The van der Waals surface area contributed by atoms with E-state index in [2.05, 4.69) is 5.43 Å². The van der Waals surface area contributed by atoms with Crippen LogP contribution in [0.2, 0.25) is 0 Å². The third kappa shape index (κ3) is 4.00. The average Bonchev–Trinajstić information content (AvgIpc) is 2.57. The van der Waals surface area contributed by atoms with Crippen molar-refractivity contribution in [2.75, 3.05) is 17.5 Å². The van der Waals surface area contributed by atoms with Gasteiger partial charge in [0, 0.05) is 0 Å². The first kappa shape index (κ1) is 15.0. The number of hydrogen-bond acceptors (Lipinski definition) is 4. The molecule has 1 fully saturated rings. The SMILES string of the molecule is CC(C)(C)OC(=O)NN1CCN(C(=O)CI)C1=O. The van der Waals surface area contributed by atoms with Crippen molar-refractivity contribution >= 4 is 40.6 Å². The van der Waals surface area contributed by atoms with Gasteiger partial charge in [-0.25, -0.2) is 20.0 Å². The molecule has 0 atom stereocenters. The summed E-state index contributed by atoms with van der Waals surface area (Å²) in [5.74, 6) is -0.269. The minimum absolute atomic E-state index is 0.226. The molecule has 0 unspecified atom stereocenters. The van der Waals surface area contributed by atoms with Gasteiger partial charge in [-0.1, -0.05) is 22.6 Å². The van der Waals surface area contributed by atoms with Crippen molar-refractivity contribution in [3.8, 4) is 0 Å². The summed E-state index contributed by atoms with van der Waals surface area (Å²) in [6.07, 6.45) is -0.709. The Labute approximate surface area is 119 Å². The van der Waals surface area contributed by atoms with Crippen molar-refractivity contribution in [3.05, 3.63) is 0 Å². The van der Waals surface area contributed by atoms with E-state index in [0.29, 0.717) is 0 Å². The minimum Gasteiger partial charge on any atom is -0.443 e. The monoisotopic (exact) mass is 369 g/mol. The second-order valence-corrected chi connectivity index (χ2v) is 5.49. The number of rotatable bonds is 2. The highest BCUT2D eigenvalue weighted by Crippen LogP contribution is 2.10. The normalized spacial score (nSPS) is 15.9. The fraction of sp³-hybridized carbons (Fsp3) is 0.700. The zero-order valence-corrected chi connectivity index (χ0v) is 12.7. The maximum Gasteiger partial charge on any atom is 0.426 e. The molecule has 18 heavy (non-hydrogen) atoms. The van der Waals surface area contributed by atoms with Crippen LogP contribution in [0.4, 0.5) is 9.59 Å².